The lowest BCUT2D eigenvalue weighted by Crippen LogP contribution is -2.38. The average Bonchev–Trinajstić information content (AvgIpc) is 2.86. The second-order valence-electron chi connectivity index (χ2n) is 11.2. The fourth-order valence-corrected chi connectivity index (χ4v) is 5.07. The van der Waals surface area contributed by atoms with Crippen molar-refractivity contribution in [2.75, 3.05) is 11.9 Å². The summed E-state index contributed by atoms with van der Waals surface area (Å²) < 4.78 is 38.6. The van der Waals surface area contributed by atoms with Crippen LogP contribution >= 0.6 is 0 Å². The summed E-state index contributed by atoms with van der Waals surface area (Å²) in [4.78, 5) is 36.0. The van der Waals surface area contributed by atoms with E-state index in [4.69, 9.17) is 5.11 Å². The van der Waals surface area contributed by atoms with Gasteiger partial charge < -0.3 is 21.1 Å². The van der Waals surface area contributed by atoms with Crippen molar-refractivity contribution in [2.24, 2.45) is 17.3 Å². The fourth-order valence-electron chi connectivity index (χ4n) is 5.07. The van der Waals surface area contributed by atoms with E-state index in [0.29, 0.717) is 11.5 Å². The number of urea groups is 1. The largest absolute Gasteiger partial charge is 0.481 e. The highest BCUT2D eigenvalue weighted by molar-refractivity contribution is 5.94. The van der Waals surface area contributed by atoms with Crippen molar-refractivity contribution >= 4 is 23.6 Å². The van der Waals surface area contributed by atoms with Gasteiger partial charge in [-0.05, 0) is 84.9 Å². The molecule has 0 aromatic heterocycles. The molecule has 1 aliphatic carbocycles. The van der Waals surface area contributed by atoms with Gasteiger partial charge in [-0.15, -0.1) is 0 Å². The van der Waals surface area contributed by atoms with E-state index in [1.807, 2.05) is 0 Å². The molecule has 2 aromatic carbocycles. The molecule has 4 N–H and O–H groups in total. The van der Waals surface area contributed by atoms with Crippen molar-refractivity contribution in [1.82, 2.24) is 10.6 Å². The van der Waals surface area contributed by atoms with Gasteiger partial charge in [-0.2, -0.15) is 13.2 Å². The first-order valence-electron chi connectivity index (χ1n) is 13.1. The zero-order chi connectivity index (χ0) is 28.8. The number of hydrogen-bond acceptors (Lipinski definition) is 3. The Morgan fingerprint density at radius 1 is 0.923 bits per heavy atom. The van der Waals surface area contributed by atoms with Crippen LogP contribution in [0, 0.1) is 17.3 Å². The maximum absolute atomic E-state index is 12.9. The van der Waals surface area contributed by atoms with Crippen LogP contribution in [0.25, 0.3) is 0 Å². The lowest BCUT2D eigenvalue weighted by molar-refractivity contribution is -0.138. The monoisotopic (exact) mass is 547 g/mol. The first-order valence-corrected chi connectivity index (χ1v) is 13.1. The normalized spacial score (nSPS) is 18.6. The second kappa shape index (κ2) is 12.5. The van der Waals surface area contributed by atoms with Gasteiger partial charge in [0.15, 0.2) is 0 Å². The molecule has 1 fully saturated rings. The van der Waals surface area contributed by atoms with E-state index in [1.165, 1.54) is 12.1 Å². The zero-order valence-corrected chi connectivity index (χ0v) is 22.4. The molecule has 39 heavy (non-hydrogen) atoms. The molecule has 1 saturated carbocycles. The number of amides is 3. The minimum absolute atomic E-state index is 0.0151. The predicted molar refractivity (Wildman–Crippen MR) is 142 cm³/mol. The van der Waals surface area contributed by atoms with Crippen molar-refractivity contribution in [3.8, 4) is 0 Å². The van der Waals surface area contributed by atoms with Crippen LogP contribution in [0.1, 0.15) is 80.4 Å². The van der Waals surface area contributed by atoms with Gasteiger partial charge in [0.25, 0.3) is 5.91 Å². The van der Waals surface area contributed by atoms with Gasteiger partial charge in [0.1, 0.15) is 0 Å². The summed E-state index contributed by atoms with van der Waals surface area (Å²) in [6.45, 7) is 6.70. The smallest absolute Gasteiger partial charge is 0.416 e. The van der Waals surface area contributed by atoms with Gasteiger partial charge in [0.05, 0.1) is 18.0 Å². The van der Waals surface area contributed by atoms with E-state index in [0.717, 1.165) is 43.4 Å². The molecule has 0 saturated heterocycles. The Morgan fingerprint density at radius 2 is 1.51 bits per heavy atom. The molecular formula is C29H36F3N3O4. The third-order valence-corrected chi connectivity index (χ3v) is 7.38. The summed E-state index contributed by atoms with van der Waals surface area (Å²) in [5.41, 5.74) is 0.800. The first kappa shape index (κ1) is 30.0. The van der Waals surface area contributed by atoms with Crippen molar-refractivity contribution in [2.45, 2.75) is 65.1 Å². The molecule has 0 heterocycles. The number of nitrogens with one attached hydrogen (secondary N) is 3. The van der Waals surface area contributed by atoms with Gasteiger partial charge in [-0.1, -0.05) is 32.9 Å². The number of benzene rings is 2. The van der Waals surface area contributed by atoms with Crippen LogP contribution in [0.3, 0.4) is 0 Å². The van der Waals surface area contributed by atoms with Gasteiger partial charge >= 0.3 is 18.2 Å². The predicted octanol–water partition coefficient (Wildman–Crippen LogP) is 6.63. The van der Waals surface area contributed by atoms with E-state index in [2.05, 4.69) is 36.7 Å². The minimum Gasteiger partial charge on any atom is -0.481 e. The quantitative estimate of drug-likeness (QED) is 0.298. The Bertz CT molecular complexity index is 1130. The van der Waals surface area contributed by atoms with E-state index in [9.17, 15) is 27.6 Å². The molecule has 1 aliphatic rings. The highest BCUT2D eigenvalue weighted by atomic mass is 19.4. The maximum Gasteiger partial charge on any atom is 0.416 e. The first-order chi connectivity index (χ1) is 18.2. The third kappa shape index (κ3) is 8.73. The van der Waals surface area contributed by atoms with E-state index >= 15 is 0 Å². The summed E-state index contributed by atoms with van der Waals surface area (Å²) in [5, 5.41) is 16.9. The summed E-state index contributed by atoms with van der Waals surface area (Å²) in [6.07, 6.45) is -0.832. The van der Waals surface area contributed by atoms with E-state index in [1.54, 1.807) is 24.3 Å². The molecule has 0 aliphatic heterocycles. The Hall–Kier alpha value is -3.56. The number of anilines is 1. The highest BCUT2D eigenvalue weighted by Crippen LogP contribution is 2.43. The van der Waals surface area contributed by atoms with Gasteiger partial charge in [-0.3, -0.25) is 9.59 Å². The molecule has 10 heteroatoms. The number of aliphatic carboxylic acids is 1. The van der Waals surface area contributed by atoms with E-state index in [-0.39, 0.29) is 36.0 Å². The molecule has 212 valence electrons. The van der Waals surface area contributed by atoms with Crippen molar-refractivity contribution in [3.05, 3.63) is 65.2 Å². The molecule has 3 rings (SSSR count). The Morgan fingerprint density at radius 3 is 2.03 bits per heavy atom. The van der Waals surface area contributed by atoms with Crippen LogP contribution in [0.2, 0.25) is 0 Å². The number of alkyl halides is 3. The van der Waals surface area contributed by atoms with Crippen LogP contribution in [0.4, 0.5) is 23.7 Å². The number of carbonyl (C=O) groups is 3. The van der Waals surface area contributed by atoms with Crippen LogP contribution in [-0.2, 0) is 11.0 Å². The lowest BCUT2D eigenvalue weighted by Gasteiger charge is -2.39. The van der Waals surface area contributed by atoms with Crippen molar-refractivity contribution in [1.29, 1.82) is 0 Å². The van der Waals surface area contributed by atoms with Crippen molar-refractivity contribution < 1.29 is 32.7 Å². The van der Waals surface area contributed by atoms with Crippen LogP contribution in [0.15, 0.2) is 48.5 Å². The van der Waals surface area contributed by atoms with E-state index < -0.39 is 29.6 Å². The third-order valence-electron chi connectivity index (χ3n) is 7.38. The molecule has 7 nitrogen and oxygen atoms in total. The molecular weight excluding hydrogens is 511 g/mol. The zero-order valence-electron chi connectivity index (χ0n) is 22.4. The number of hydrogen-bond donors (Lipinski definition) is 4. The molecule has 0 radical (unpaired) electrons. The number of carboxylic acid groups (broad SMARTS) is 1. The SMILES string of the molecule is CC(C)(C)C1CCC(C(NC(=O)Nc2ccc(C(F)(F)F)cc2)c2ccc(C(=O)NCCC(=O)O)cc2)CC1. The summed E-state index contributed by atoms with van der Waals surface area (Å²) >= 11 is 0. The Labute approximate surface area is 226 Å². The average molecular weight is 548 g/mol. The standard InChI is InChI=1S/C29H36F3N3O4/c1-28(2,3)21-10-8-19(9-11-21)25(18-4-6-20(7-5-18)26(38)33-17-16-24(36)37)35-27(39)34-23-14-12-22(13-15-23)29(30,31)32/h4-7,12-15,19,21,25H,8-11,16-17H2,1-3H3,(H,33,38)(H,36,37)(H2,34,35,39). The Kier molecular flexibility index (Phi) is 9.63. The summed E-state index contributed by atoms with van der Waals surface area (Å²) in [5.74, 6) is -0.696. The van der Waals surface area contributed by atoms with Crippen molar-refractivity contribution in [3.63, 3.8) is 0 Å². The van der Waals surface area contributed by atoms with Gasteiger partial charge in [0, 0.05) is 17.8 Å². The maximum atomic E-state index is 12.9. The van der Waals surface area contributed by atoms with Crippen LogP contribution in [-0.4, -0.2) is 29.6 Å². The molecule has 1 unspecified atom stereocenters. The summed E-state index contributed by atoms with van der Waals surface area (Å²) in [7, 11) is 0. The fraction of sp³-hybridized carbons (Fsp3) is 0.483. The van der Waals surface area contributed by atoms with Gasteiger partial charge in [-0.25, -0.2) is 4.79 Å². The van der Waals surface area contributed by atoms with Crippen LogP contribution in [0.5, 0.6) is 0 Å². The summed E-state index contributed by atoms with van der Waals surface area (Å²) in [6, 6.07) is 10.2. The number of carboxylic acids is 1. The van der Waals surface area contributed by atoms with Gasteiger partial charge in [0.2, 0.25) is 0 Å². The lowest BCUT2D eigenvalue weighted by atomic mass is 9.68. The molecule has 0 bridgehead atoms. The molecule has 2 aromatic rings. The number of rotatable bonds is 8. The molecule has 1 atom stereocenters. The van der Waals surface area contributed by atoms with Crippen LogP contribution < -0.4 is 16.0 Å². The topological polar surface area (TPSA) is 108 Å². The highest BCUT2D eigenvalue weighted by Gasteiger charge is 2.34. The molecule has 0 spiro atoms. The number of halogens is 3. The Balaban J connectivity index is 1.74. The minimum atomic E-state index is -4.46. The molecule has 3 amide bonds. The second-order valence-corrected chi connectivity index (χ2v) is 11.2. The number of carbonyl (C=O) groups excluding carboxylic acids is 2.